The largest absolute Gasteiger partial charge is 0.493 e. The van der Waals surface area contributed by atoms with Crippen LogP contribution in [0, 0.1) is 0 Å². The van der Waals surface area contributed by atoms with E-state index in [1.165, 1.54) is 39.7 Å². The number of carboxylic acids is 1. The number of fused-ring (bicyclic) bond motifs is 1. The molecule has 0 unspecified atom stereocenters. The number of nitrogens with one attached hydrogen (secondary N) is 1. The van der Waals surface area contributed by atoms with Gasteiger partial charge in [0.15, 0.2) is 11.5 Å². The molecule has 9 nitrogen and oxygen atoms in total. The molecule has 0 bridgehead atoms. The van der Waals surface area contributed by atoms with Crippen LogP contribution in [0.1, 0.15) is 20.7 Å². The van der Waals surface area contributed by atoms with Gasteiger partial charge in [-0.3, -0.25) is 14.0 Å². The van der Waals surface area contributed by atoms with Crippen molar-refractivity contribution in [3.8, 4) is 17.2 Å². The van der Waals surface area contributed by atoms with Crippen LogP contribution in [0.15, 0.2) is 47.4 Å². The van der Waals surface area contributed by atoms with Crippen molar-refractivity contribution in [2.24, 2.45) is 0 Å². The summed E-state index contributed by atoms with van der Waals surface area (Å²) in [5, 5.41) is 12.0. The quantitative estimate of drug-likeness (QED) is 0.654. The van der Waals surface area contributed by atoms with Gasteiger partial charge in [-0.05, 0) is 30.3 Å². The number of methoxy groups -OCH3 is 3. The van der Waals surface area contributed by atoms with Gasteiger partial charge in [0.1, 0.15) is 5.56 Å². The molecule has 0 saturated carbocycles. The van der Waals surface area contributed by atoms with Crippen molar-refractivity contribution >= 4 is 23.1 Å². The van der Waals surface area contributed by atoms with Gasteiger partial charge in [0, 0.05) is 11.8 Å². The van der Waals surface area contributed by atoms with E-state index in [1.54, 1.807) is 18.2 Å². The number of pyridine rings is 2. The number of nitrogens with zero attached hydrogens (tertiary/aromatic N) is 1. The summed E-state index contributed by atoms with van der Waals surface area (Å²) >= 11 is 0. The maximum Gasteiger partial charge on any atom is 0.341 e. The lowest BCUT2D eigenvalue weighted by Gasteiger charge is -2.15. The Morgan fingerprint density at radius 2 is 1.66 bits per heavy atom. The molecule has 0 saturated heterocycles. The number of benzene rings is 1. The van der Waals surface area contributed by atoms with Gasteiger partial charge in [-0.15, -0.1) is 0 Å². The number of amides is 1. The highest BCUT2D eigenvalue weighted by Crippen LogP contribution is 2.38. The molecule has 0 aliphatic rings. The van der Waals surface area contributed by atoms with E-state index in [0.29, 0.717) is 11.3 Å². The molecule has 0 aliphatic heterocycles. The van der Waals surface area contributed by atoms with E-state index in [-0.39, 0.29) is 22.7 Å². The minimum Gasteiger partial charge on any atom is -0.493 e. The standard InChI is InChI=1S/C20H18N2O7/c1-27-15-8-11(9-16(28-2)17(15)29-3)18(23)21-13-10-12(20(25)26)19(24)22-7-5-4-6-14(13)22/h4-10H,1-3H3,(H,21,23)(H,25,26). The first-order valence-corrected chi connectivity index (χ1v) is 8.40. The molecule has 150 valence electrons. The van der Waals surface area contributed by atoms with Crippen molar-refractivity contribution in [3.63, 3.8) is 0 Å². The van der Waals surface area contributed by atoms with Crippen molar-refractivity contribution in [2.45, 2.75) is 0 Å². The van der Waals surface area contributed by atoms with Gasteiger partial charge in [0.2, 0.25) is 5.75 Å². The number of hydrogen-bond acceptors (Lipinski definition) is 6. The molecule has 1 amide bonds. The monoisotopic (exact) mass is 398 g/mol. The molecule has 3 rings (SSSR count). The van der Waals surface area contributed by atoms with Gasteiger partial charge in [-0.1, -0.05) is 6.07 Å². The maximum atomic E-state index is 12.9. The third-order valence-corrected chi connectivity index (χ3v) is 4.28. The Hall–Kier alpha value is -4.01. The number of carbonyl (C=O) groups is 2. The summed E-state index contributed by atoms with van der Waals surface area (Å²) in [7, 11) is 4.30. The Morgan fingerprint density at radius 3 is 2.21 bits per heavy atom. The molecule has 0 radical (unpaired) electrons. The summed E-state index contributed by atoms with van der Waals surface area (Å²) in [5.74, 6) is -1.03. The van der Waals surface area contributed by atoms with Gasteiger partial charge in [-0.25, -0.2) is 4.79 Å². The second-order valence-electron chi connectivity index (χ2n) is 5.91. The predicted octanol–water partition coefficient (Wildman–Crippen LogP) is 2.28. The van der Waals surface area contributed by atoms with Gasteiger partial charge >= 0.3 is 5.97 Å². The summed E-state index contributed by atoms with van der Waals surface area (Å²) in [6, 6.07) is 8.92. The highest BCUT2D eigenvalue weighted by Gasteiger charge is 2.20. The molecule has 2 N–H and O–H groups in total. The van der Waals surface area contributed by atoms with E-state index >= 15 is 0 Å². The van der Waals surface area contributed by atoms with E-state index in [4.69, 9.17) is 14.2 Å². The summed E-state index contributed by atoms with van der Waals surface area (Å²) in [5.41, 5.74) is -0.450. The molecule has 1 aromatic carbocycles. The van der Waals surface area contributed by atoms with E-state index in [0.717, 1.165) is 10.5 Å². The molecule has 0 fully saturated rings. The van der Waals surface area contributed by atoms with Crippen LogP contribution in [0.2, 0.25) is 0 Å². The van der Waals surface area contributed by atoms with Crippen LogP contribution in [0.25, 0.3) is 5.52 Å². The first kappa shape index (κ1) is 19.7. The highest BCUT2D eigenvalue weighted by molar-refractivity contribution is 6.07. The Balaban J connectivity index is 2.10. The van der Waals surface area contributed by atoms with Crippen LogP contribution in [0.3, 0.4) is 0 Å². The van der Waals surface area contributed by atoms with E-state index in [1.807, 2.05) is 0 Å². The van der Waals surface area contributed by atoms with E-state index < -0.39 is 23.0 Å². The maximum absolute atomic E-state index is 12.9. The summed E-state index contributed by atoms with van der Waals surface area (Å²) in [4.78, 5) is 36.6. The second kappa shape index (κ2) is 7.93. The van der Waals surface area contributed by atoms with Crippen molar-refractivity contribution in [3.05, 3.63) is 64.1 Å². The number of ether oxygens (including phenoxy) is 3. The van der Waals surface area contributed by atoms with Crippen molar-refractivity contribution in [1.29, 1.82) is 0 Å². The first-order chi connectivity index (χ1) is 13.9. The fourth-order valence-electron chi connectivity index (χ4n) is 2.91. The highest BCUT2D eigenvalue weighted by atomic mass is 16.5. The number of carbonyl (C=O) groups excluding carboxylic acids is 1. The number of aromatic carboxylic acids is 1. The average Bonchev–Trinajstić information content (AvgIpc) is 2.74. The predicted molar refractivity (Wildman–Crippen MR) is 105 cm³/mol. The van der Waals surface area contributed by atoms with Crippen LogP contribution >= 0.6 is 0 Å². The van der Waals surface area contributed by atoms with Crippen molar-refractivity contribution in [1.82, 2.24) is 4.40 Å². The van der Waals surface area contributed by atoms with Crippen molar-refractivity contribution in [2.75, 3.05) is 26.6 Å². The van der Waals surface area contributed by atoms with Gasteiger partial charge in [0.05, 0.1) is 32.5 Å². The Labute approximate surface area is 165 Å². The summed E-state index contributed by atoms with van der Waals surface area (Å²) in [6.45, 7) is 0. The van der Waals surface area contributed by atoms with E-state index in [9.17, 15) is 19.5 Å². The molecule has 2 heterocycles. The molecular formula is C20H18N2O7. The lowest BCUT2D eigenvalue weighted by Crippen LogP contribution is -2.24. The van der Waals surface area contributed by atoms with Gasteiger partial charge < -0.3 is 24.6 Å². The topological polar surface area (TPSA) is 116 Å². The Bertz CT molecular complexity index is 1140. The molecular weight excluding hydrogens is 380 g/mol. The normalized spacial score (nSPS) is 10.4. The molecule has 0 atom stereocenters. The molecule has 9 heteroatoms. The number of rotatable bonds is 6. The SMILES string of the molecule is COc1cc(C(=O)Nc2cc(C(=O)O)c(=O)n3ccccc23)cc(OC)c1OC. The second-order valence-corrected chi connectivity index (χ2v) is 5.91. The zero-order valence-corrected chi connectivity index (χ0v) is 15.9. The van der Waals surface area contributed by atoms with Crippen LogP contribution in [0.5, 0.6) is 17.2 Å². The van der Waals surface area contributed by atoms with Crippen molar-refractivity contribution < 1.29 is 28.9 Å². The first-order valence-electron chi connectivity index (χ1n) is 8.40. The number of hydrogen-bond donors (Lipinski definition) is 2. The molecule has 2 aromatic heterocycles. The lowest BCUT2D eigenvalue weighted by atomic mass is 10.1. The minimum atomic E-state index is -1.39. The van der Waals surface area contributed by atoms with Crippen LogP contribution < -0.4 is 25.1 Å². The van der Waals surface area contributed by atoms with Gasteiger partial charge in [-0.2, -0.15) is 0 Å². The minimum absolute atomic E-state index is 0.168. The van der Waals surface area contributed by atoms with E-state index in [2.05, 4.69) is 5.32 Å². The molecule has 29 heavy (non-hydrogen) atoms. The summed E-state index contributed by atoms with van der Waals surface area (Å²) < 4.78 is 16.9. The molecule has 0 spiro atoms. The lowest BCUT2D eigenvalue weighted by molar-refractivity contribution is 0.0694. The van der Waals surface area contributed by atoms with Crippen LogP contribution in [0.4, 0.5) is 5.69 Å². The fourth-order valence-corrected chi connectivity index (χ4v) is 2.91. The smallest absolute Gasteiger partial charge is 0.341 e. The number of aromatic nitrogens is 1. The average molecular weight is 398 g/mol. The Kier molecular flexibility index (Phi) is 5.40. The number of anilines is 1. The molecule has 3 aromatic rings. The third-order valence-electron chi connectivity index (χ3n) is 4.28. The Morgan fingerprint density at radius 1 is 1.00 bits per heavy atom. The third kappa shape index (κ3) is 3.57. The summed E-state index contributed by atoms with van der Waals surface area (Å²) in [6.07, 6.45) is 1.43. The van der Waals surface area contributed by atoms with Crippen LogP contribution in [-0.4, -0.2) is 42.7 Å². The molecule has 0 aliphatic carbocycles. The van der Waals surface area contributed by atoms with Gasteiger partial charge in [0.25, 0.3) is 11.5 Å². The fraction of sp³-hybridized carbons (Fsp3) is 0.150. The zero-order chi connectivity index (χ0) is 21.1. The van der Waals surface area contributed by atoms with Crippen LogP contribution in [-0.2, 0) is 0 Å². The zero-order valence-electron chi connectivity index (χ0n) is 15.9. The number of carboxylic acid groups (broad SMARTS) is 1.